The number of benzene rings is 4. The molecule has 0 radical (unpaired) electrons. The molecule has 174 valence electrons. The maximum Gasteiger partial charge on any atom is 0.109 e. The molecule has 0 bridgehead atoms. The summed E-state index contributed by atoms with van der Waals surface area (Å²) in [6, 6.07) is 26.7. The fraction of sp³-hybridized carbons (Fsp3) is 0.333. The average molecular weight is 451 g/mol. The molecule has 34 heavy (non-hydrogen) atoms. The highest BCUT2D eigenvalue weighted by Crippen LogP contribution is 2.49. The Morgan fingerprint density at radius 1 is 0.471 bits per heavy atom. The van der Waals surface area contributed by atoms with Crippen LogP contribution < -0.4 is 19.6 Å². The SMILES string of the molecule is CN1c2cccc3cccc(c23)N(C)C1(C)CCC1(C)N(C)c2cccc3cccc(c23)N1C. The molecule has 2 aliphatic rings. The predicted molar refractivity (Wildman–Crippen MR) is 148 cm³/mol. The van der Waals surface area contributed by atoms with Crippen molar-refractivity contribution in [3.05, 3.63) is 72.8 Å². The number of rotatable bonds is 3. The lowest BCUT2D eigenvalue weighted by Gasteiger charge is -2.56. The van der Waals surface area contributed by atoms with Crippen molar-refractivity contribution >= 4 is 44.3 Å². The van der Waals surface area contributed by atoms with Crippen molar-refractivity contribution in [1.82, 2.24) is 0 Å². The normalized spacial score (nSPS) is 18.2. The second-order valence-corrected chi connectivity index (χ2v) is 10.5. The molecule has 0 saturated carbocycles. The highest BCUT2D eigenvalue weighted by atomic mass is 15.4. The van der Waals surface area contributed by atoms with E-state index in [1.165, 1.54) is 44.3 Å². The van der Waals surface area contributed by atoms with Crippen molar-refractivity contribution in [1.29, 1.82) is 0 Å². The van der Waals surface area contributed by atoms with Crippen molar-refractivity contribution < 1.29 is 0 Å². The second kappa shape index (κ2) is 7.05. The Morgan fingerprint density at radius 2 is 0.735 bits per heavy atom. The maximum atomic E-state index is 2.49. The van der Waals surface area contributed by atoms with Crippen LogP contribution in [0.25, 0.3) is 21.5 Å². The van der Waals surface area contributed by atoms with Crippen LogP contribution in [0.4, 0.5) is 22.7 Å². The van der Waals surface area contributed by atoms with E-state index in [2.05, 4.69) is 134 Å². The topological polar surface area (TPSA) is 13.0 Å². The summed E-state index contributed by atoms with van der Waals surface area (Å²) < 4.78 is 0. The summed E-state index contributed by atoms with van der Waals surface area (Å²) in [5.41, 5.74) is 4.99. The van der Waals surface area contributed by atoms with Gasteiger partial charge in [0.1, 0.15) is 11.3 Å². The molecule has 0 N–H and O–H groups in total. The van der Waals surface area contributed by atoms with Gasteiger partial charge in [0.2, 0.25) is 0 Å². The highest BCUT2D eigenvalue weighted by Gasteiger charge is 2.45. The van der Waals surface area contributed by atoms with Crippen molar-refractivity contribution in [2.24, 2.45) is 0 Å². The van der Waals surface area contributed by atoms with E-state index >= 15 is 0 Å². The van der Waals surface area contributed by atoms with Gasteiger partial charge in [0, 0.05) is 61.7 Å². The van der Waals surface area contributed by atoms with E-state index in [-0.39, 0.29) is 11.3 Å². The lowest BCUT2D eigenvalue weighted by atomic mass is 9.87. The number of hydrogen-bond donors (Lipinski definition) is 0. The van der Waals surface area contributed by atoms with Crippen LogP contribution in [-0.4, -0.2) is 39.5 Å². The minimum atomic E-state index is -0.143. The van der Waals surface area contributed by atoms with Crippen LogP contribution in [0.3, 0.4) is 0 Å². The molecule has 6 rings (SSSR count). The van der Waals surface area contributed by atoms with Gasteiger partial charge >= 0.3 is 0 Å². The standard InChI is InChI=1S/C30H34N4/c1-29(31(3)23-15-7-11-21-12-8-16-24(27(21)23)32(29)4)19-20-30(2)33(5)25-17-9-13-22-14-10-18-26(28(22)25)34(30)6/h7-18H,19-20H2,1-6H3. The number of anilines is 4. The number of hydrogen-bond acceptors (Lipinski definition) is 4. The molecule has 0 spiro atoms. The zero-order chi connectivity index (χ0) is 23.8. The largest absolute Gasteiger partial charge is 0.351 e. The van der Waals surface area contributed by atoms with E-state index in [1.54, 1.807) is 0 Å². The molecular weight excluding hydrogens is 416 g/mol. The zero-order valence-corrected chi connectivity index (χ0v) is 21.1. The lowest BCUT2D eigenvalue weighted by Crippen LogP contribution is -2.63. The quantitative estimate of drug-likeness (QED) is 0.345. The predicted octanol–water partition coefficient (Wildman–Crippen LogP) is 6.68. The van der Waals surface area contributed by atoms with Gasteiger partial charge in [-0.3, -0.25) is 0 Å². The summed E-state index contributed by atoms with van der Waals surface area (Å²) in [6.45, 7) is 4.78. The van der Waals surface area contributed by atoms with Crippen molar-refractivity contribution in [3.63, 3.8) is 0 Å². The van der Waals surface area contributed by atoms with Gasteiger partial charge < -0.3 is 19.6 Å². The van der Waals surface area contributed by atoms with Crippen molar-refractivity contribution in [2.75, 3.05) is 47.8 Å². The van der Waals surface area contributed by atoms with Crippen LogP contribution in [0.2, 0.25) is 0 Å². The minimum absolute atomic E-state index is 0.143. The van der Waals surface area contributed by atoms with Crippen LogP contribution in [-0.2, 0) is 0 Å². The third kappa shape index (κ3) is 2.60. The Balaban J connectivity index is 1.39. The van der Waals surface area contributed by atoms with Gasteiger partial charge in [-0.05, 0) is 61.7 Å². The fourth-order valence-corrected chi connectivity index (χ4v) is 6.35. The molecular formula is C30H34N4. The molecule has 2 heterocycles. The first-order valence-electron chi connectivity index (χ1n) is 12.3. The Morgan fingerprint density at radius 3 is 1.00 bits per heavy atom. The summed E-state index contributed by atoms with van der Waals surface area (Å²) >= 11 is 0. The monoisotopic (exact) mass is 450 g/mol. The summed E-state index contributed by atoms with van der Waals surface area (Å²) in [6.07, 6.45) is 2.04. The second-order valence-electron chi connectivity index (χ2n) is 10.5. The van der Waals surface area contributed by atoms with E-state index < -0.39 is 0 Å². The van der Waals surface area contributed by atoms with Crippen molar-refractivity contribution in [2.45, 2.75) is 38.0 Å². The van der Waals surface area contributed by atoms with Gasteiger partial charge in [0.25, 0.3) is 0 Å². The highest BCUT2D eigenvalue weighted by molar-refractivity contribution is 6.07. The molecule has 0 amide bonds. The third-order valence-electron chi connectivity index (χ3n) is 9.13. The molecule has 0 aromatic heterocycles. The van der Waals surface area contributed by atoms with Gasteiger partial charge in [-0.15, -0.1) is 0 Å². The van der Waals surface area contributed by atoms with Crippen LogP contribution in [0.5, 0.6) is 0 Å². The summed E-state index contributed by atoms with van der Waals surface area (Å²) in [4.78, 5) is 9.96. The lowest BCUT2D eigenvalue weighted by molar-refractivity contribution is 0.314. The molecule has 0 saturated heterocycles. The zero-order valence-electron chi connectivity index (χ0n) is 21.1. The first kappa shape index (κ1) is 21.2. The van der Waals surface area contributed by atoms with Gasteiger partial charge in [-0.1, -0.05) is 48.5 Å². The molecule has 0 aliphatic carbocycles. The van der Waals surface area contributed by atoms with Crippen LogP contribution in [0.15, 0.2) is 72.8 Å². The first-order valence-corrected chi connectivity index (χ1v) is 12.3. The molecule has 4 aromatic carbocycles. The molecule has 4 nitrogen and oxygen atoms in total. The first-order chi connectivity index (χ1) is 16.3. The maximum absolute atomic E-state index is 2.49. The van der Waals surface area contributed by atoms with E-state index in [0.29, 0.717) is 0 Å². The van der Waals surface area contributed by atoms with Gasteiger partial charge in [-0.25, -0.2) is 0 Å². The third-order valence-corrected chi connectivity index (χ3v) is 9.13. The molecule has 4 heteroatoms. The summed E-state index contributed by atoms with van der Waals surface area (Å²) in [5.74, 6) is 0. The van der Waals surface area contributed by atoms with E-state index in [1.807, 2.05) is 0 Å². The Kier molecular flexibility index (Phi) is 4.39. The smallest absolute Gasteiger partial charge is 0.109 e. The molecule has 0 fully saturated rings. The minimum Gasteiger partial charge on any atom is -0.351 e. The molecule has 2 aliphatic heterocycles. The summed E-state index contributed by atoms with van der Waals surface area (Å²) in [5, 5.41) is 5.32. The van der Waals surface area contributed by atoms with E-state index in [9.17, 15) is 0 Å². The molecule has 0 unspecified atom stereocenters. The van der Waals surface area contributed by atoms with Gasteiger partial charge in [0.05, 0.1) is 0 Å². The molecule has 0 atom stereocenters. The van der Waals surface area contributed by atoms with Crippen LogP contribution >= 0.6 is 0 Å². The number of nitrogens with zero attached hydrogens (tertiary/aromatic N) is 4. The van der Waals surface area contributed by atoms with Gasteiger partial charge in [-0.2, -0.15) is 0 Å². The Hall–Kier alpha value is -3.40. The fourth-order valence-electron chi connectivity index (χ4n) is 6.35. The summed E-state index contributed by atoms with van der Waals surface area (Å²) in [7, 11) is 9.03. The van der Waals surface area contributed by atoms with E-state index in [0.717, 1.165) is 12.8 Å². The molecule has 4 aromatic rings. The van der Waals surface area contributed by atoms with E-state index in [4.69, 9.17) is 0 Å². The van der Waals surface area contributed by atoms with Crippen LogP contribution in [0.1, 0.15) is 26.7 Å². The average Bonchev–Trinajstić information content (AvgIpc) is 2.87. The Labute approximate surface area is 203 Å². The van der Waals surface area contributed by atoms with Crippen molar-refractivity contribution in [3.8, 4) is 0 Å². The van der Waals surface area contributed by atoms with Gasteiger partial charge in [0.15, 0.2) is 0 Å². The van der Waals surface area contributed by atoms with Crippen LogP contribution in [0, 0.1) is 0 Å². The Bertz CT molecular complexity index is 1230.